The highest BCUT2D eigenvalue weighted by Crippen LogP contribution is 2.35. The van der Waals surface area contributed by atoms with Crippen LogP contribution in [-0.2, 0) is 6.42 Å². The molecule has 1 fully saturated rings. The Labute approximate surface area is 160 Å². The molecule has 5 radical (unpaired) electrons. The van der Waals surface area contributed by atoms with Crippen molar-refractivity contribution in [2.45, 2.75) is 6.42 Å². The second kappa shape index (κ2) is 6.94. The third-order valence-electron chi connectivity index (χ3n) is 4.30. The molecule has 0 unspecified atom stereocenters. The van der Waals surface area contributed by atoms with Gasteiger partial charge in [0.15, 0.2) is 0 Å². The molecule has 3 aromatic rings. The molecule has 2 aromatic heterocycles. The summed E-state index contributed by atoms with van der Waals surface area (Å²) in [5.74, 6) is 0.967. The van der Waals surface area contributed by atoms with E-state index in [-0.39, 0.29) is 6.42 Å². The minimum absolute atomic E-state index is 0.220. The minimum Gasteiger partial charge on any atom is -0.235 e. The van der Waals surface area contributed by atoms with Gasteiger partial charge in [0.2, 0.25) is 0 Å². The van der Waals surface area contributed by atoms with E-state index in [2.05, 4.69) is 33.2 Å². The summed E-state index contributed by atoms with van der Waals surface area (Å²) in [6.07, 6.45) is 8.03. The van der Waals surface area contributed by atoms with Crippen molar-refractivity contribution in [3.63, 3.8) is 0 Å². The number of benzene rings is 1. The lowest BCUT2D eigenvalue weighted by Gasteiger charge is -2.13. The number of hydrogen-bond donors (Lipinski definition) is 0. The van der Waals surface area contributed by atoms with Crippen molar-refractivity contribution in [1.82, 2.24) is 9.61 Å². The Bertz CT molecular complexity index is 1040. The van der Waals surface area contributed by atoms with Gasteiger partial charge in [-0.3, -0.25) is 0 Å². The van der Waals surface area contributed by atoms with E-state index in [0.29, 0.717) is 5.56 Å². The first-order chi connectivity index (χ1) is 12.7. The molecule has 123 valence electrons. The van der Waals surface area contributed by atoms with Crippen molar-refractivity contribution in [2.75, 3.05) is 0 Å². The molecule has 1 saturated carbocycles. The fourth-order valence-electron chi connectivity index (χ4n) is 3.08. The molecule has 0 bridgehead atoms. The molecule has 26 heavy (non-hydrogen) atoms. The zero-order valence-corrected chi connectivity index (χ0v) is 15.2. The maximum Gasteiger partial charge on any atom is 0.102 e. The fraction of sp³-hybridized carbons (Fsp3) is 0.0476. The number of aromatic nitrogens is 2. The van der Waals surface area contributed by atoms with E-state index < -0.39 is 0 Å². The van der Waals surface area contributed by atoms with Crippen LogP contribution in [0.5, 0.6) is 0 Å². The van der Waals surface area contributed by atoms with Gasteiger partial charge in [0.1, 0.15) is 6.07 Å². The lowest BCUT2D eigenvalue weighted by atomic mass is 9.92. The average Bonchev–Trinajstić information content (AvgIpc) is 3.32. The van der Waals surface area contributed by atoms with Gasteiger partial charge >= 0.3 is 0 Å². The molecule has 0 aliphatic heterocycles. The first-order valence-corrected chi connectivity index (χ1v) is 8.81. The van der Waals surface area contributed by atoms with Crippen LogP contribution in [0.1, 0.15) is 16.8 Å². The molecule has 1 aliphatic carbocycles. The van der Waals surface area contributed by atoms with E-state index in [1.807, 2.05) is 62.1 Å². The number of halogens is 1. The number of nitriles is 2. The largest absolute Gasteiger partial charge is 0.235 e. The topological polar surface area (TPSA) is 64.9 Å². The fourth-order valence-corrected chi connectivity index (χ4v) is 3.35. The molecule has 0 saturated heterocycles. The Balaban J connectivity index is 1.94. The standard InChI is InChI=1S/C21H12BrN4/c22-16-7-5-15(6-8-16)20-12-21-19(13-24)18(14-3-1-2-4-14)11-17(9-10-23)26(21)25-20/h1-8,11-12H,9H2. The van der Waals surface area contributed by atoms with Crippen LogP contribution in [0.25, 0.3) is 16.8 Å². The molecule has 4 nitrogen and oxygen atoms in total. The van der Waals surface area contributed by atoms with Crippen molar-refractivity contribution in [2.24, 2.45) is 0 Å². The Morgan fingerprint density at radius 2 is 1.77 bits per heavy atom. The molecule has 1 aromatic carbocycles. The molecule has 0 atom stereocenters. The SMILES string of the molecule is N#CCc1cc([C]2[CH][CH][CH][CH]2)c(C#N)c2cc(-c3ccc(Br)cc3)nn12. The summed E-state index contributed by atoms with van der Waals surface area (Å²) in [6, 6.07) is 16.2. The molecule has 1 aliphatic rings. The predicted molar refractivity (Wildman–Crippen MR) is 102 cm³/mol. The first kappa shape index (κ1) is 16.8. The summed E-state index contributed by atoms with van der Waals surface area (Å²) in [5, 5.41) is 23.7. The smallest absolute Gasteiger partial charge is 0.102 e. The number of pyridine rings is 1. The molecule has 0 N–H and O–H groups in total. The van der Waals surface area contributed by atoms with Gasteiger partial charge in [0.25, 0.3) is 0 Å². The van der Waals surface area contributed by atoms with Crippen molar-refractivity contribution >= 4 is 21.4 Å². The van der Waals surface area contributed by atoms with Crippen molar-refractivity contribution in [3.05, 3.63) is 89.3 Å². The Morgan fingerprint density at radius 1 is 1.04 bits per heavy atom. The van der Waals surface area contributed by atoms with E-state index in [9.17, 15) is 10.5 Å². The Kier molecular flexibility index (Phi) is 4.49. The van der Waals surface area contributed by atoms with Crippen LogP contribution < -0.4 is 0 Å². The zero-order valence-electron chi connectivity index (χ0n) is 13.6. The summed E-state index contributed by atoms with van der Waals surface area (Å²) in [5.41, 5.74) is 4.60. The third-order valence-corrected chi connectivity index (χ3v) is 4.83. The van der Waals surface area contributed by atoms with E-state index in [4.69, 9.17) is 0 Å². The van der Waals surface area contributed by atoms with Crippen LogP contribution in [0.3, 0.4) is 0 Å². The van der Waals surface area contributed by atoms with Gasteiger partial charge in [-0.2, -0.15) is 15.6 Å². The summed E-state index contributed by atoms with van der Waals surface area (Å²) < 4.78 is 2.71. The second-order valence-corrected chi connectivity index (χ2v) is 6.79. The predicted octanol–water partition coefficient (Wildman–Crippen LogP) is 4.45. The van der Waals surface area contributed by atoms with Crippen LogP contribution in [-0.4, -0.2) is 9.61 Å². The zero-order chi connectivity index (χ0) is 18.1. The highest BCUT2D eigenvalue weighted by atomic mass is 79.9. The third kappa shape index (κ3) is 2.89. The van der Waals surface area contributed by atoms with Gasteiger partial charge in [0, 0.05) is 16.0 Å². The molecular weight excluding hydrogens is 388 g/mol. The number of fused-ring (bicyclic) bond motifs is 1. The van der Waals surface area contributed by atoms with E-state index in [0.717, 1.165) is 38.4 Å². The average molecular weight is 400 g/mol. The van der Waals surface area contributed by atoms with Crippen molar-refractivity contribution in [3.8, 4) is 23.4 Å². The quantitative estimate of drug-likeness (QED) is 0.652. The van der Waals surface area contributed by atoms with Crippen LogP contribution in [0.2, 0.25) is 0 Å². The lowest BCUT2D eigenvalue weighted by Crippen LogP contribution is -2.07. The highest BCUT2D eigenvalue weighted by molar-refractivity contribution is 9.10. The first-order valence-electron chi connectivity index (χ1n) is 8.02. The normalized spacial score (nSPS) is 14.4. The lowest BCUT2D eigenvalue weighted by molar-refractivity contribution is 0.888. The van der Waals surface area contributed by atoms with Gasteiger partial charge < -0.3 is 0 Å². The van der Waals surface area contributed by atoms with Gasteiger partial charge in [-0.05, 0) is 55.5 Å². The van der Waals surface area contributed by atoms with Gasteiger partial charge in [0.05, 0.1) is 35.0 Å². The van der Waals surface area contributed by atoms with Crippen LogP contribution >= 0.6 is 15.9 Å². The van der Waals surface area contributed by atoms with E-state index in [1.165, 1.54) is 0 Å². The molecule has 0 amide bonds. The minimum atomic E-state index is 0.220. The second-order valence-electron chi connectivity index (χ2n) is 5.88. The molecule has 4 rings (SSSR count). The van der Waals surface area contributed by atoms with Crippen molar-refractivity contribution in [1.29, 1.82) is 10.5 Å². The van der Waals surface area contributed by atoms with Gasteiger partial charge in [-0.15, -0.1) is 0 Å². The molecular formula is C21H12BrN4. The summed E-state index contributed by atoms with van der Waals surface area (Å²) in [4.78, 5) is 0. The molecule has 0 spiro atoms. The van der Waals surface area contributed by atoms with Crippen LogP contribution in [0, 0.1) is 54.3 Å². The molecule has 2 heterocycles. The Morgan fingerprint density at radius 3 is 2.42 bits per heavy atom. The van der Waals surface area contributed by atoms with Crippen LogP contribution in [0.15, 0.2) is 40.9 Å². The number of hydrogen-bond acceptors (Lipinski definition) is 3. The van der Waals surface area contributed by atoms with Gasteiger partial charge in [-0.1, -0.05) is 28.1 Å². The molecule has 5 heteroatoms. The monoisotopic (exact) mass is 399 g/mol. The summed E-state index contributed by atoms with van der Waals surface area (Å²) in [6.45, 7) is 0. The number of nitrogens with zero attached hydrogens (tertiary/aromatic N) is 4. The highest BCUT2D eigenvalue weighted by Gasteiger charge is 2.25. The van der Waals surface area contributed by atoms with E-state index in [1.54, 1.807) is 4.52 Å². The van der Waals surface area contributed by atoms with Crippen LogP contribution in [0.4, 0.5) is 0 Å². The van der Waals surface area contributed by atoms with Gasteiger partial charge in [-0.25, -0.2) is 4.52 Å². The summed E-state index contributed by atoms with van der Waals surface area (Å²) >= 11 is 3.43. The maximum absolute atomic E-state index is 9.79. The number of rotatable bonds is 3. The summed E-state index contributed by atoms with van der Waals surface area (Å²) in [7, 11) is 0. The Hall–Kier alpha value is -2.63. The van der Waals surface area contributed by atoms with Crippen molar-refractivity contribution < 1.29 is 0 Å². The van der Waals surface area contributed by atoms with E-state index >= 15 is 0 Å². The maximum atomic E-state index is 9.79.